The van der Waals surface area contributed by atoms with Crippen molar-refractivity contribution in [1.82, 2.24) is 20.9 Å². The summed E-state index contributed by atoms with van der Waals surface area (Å²) in [6, 6.07) is 3.01. The van der Waals surface area contributed by atoms with E-state index in [4.69, 9.17) is 28.9 Å². The van der Waals surface area contributed by atoms with E-state index in [0.29, 0.717) is 46.3 Å². The molecule has 0 radical (unpaired) electrons. The van der Waals surface area contributed by atoms with E-state index in [9.17, 15) is 19.2 Å². The van der Waals surface area contributed by atoms with Crippen LogP contribution < -0.4 is 21.7 Å². The lowest BCUT2D eigenvalue weighted by Crippen LogP contribution is -2.54. The summed E-state index contributed by atoms with van der Waals surface area (Å²) in [7, 11) is 0. The molecule has 0 spiro atoms. The molecular weight excluding hydrogens is 481 g/mol. The smallest absolute Gasteiger partial charge is 0.268 e. The SMILES string of the molecule is NC(=O)[C@H](C[C@@H]1CCCNC1=O)NC(=O)[C@H](CC1CC1)NC(=O)c1cc2cc(Cl)cc(Cl)c2[nH]1. The molecule has 1 saturated carbocycles. The van der Waals surface area contributed by atoms with E-state index in [0.717, 1.165) is 19.3 Å². The molecule has 1 aliphatic heterocycles. The van der Waals surface area contributed by atoms with Crippen molar-refractivity contribution in [3.63, 3.8) is 0 Å². The van der Waals surface area contributed by atoms with Gasteiger partial charge < -0.3 is 26.7 Å². The van der Waals surface area contributed by atoms with Gasteiger partial charge in [0.15, 0.2) is 0 Å². The van der Waals surface area contributed by atoms with Crippen LogP contribution in [0, 0.1) is 11.8 Å². The Balaban J connectivity index is 1.46. The Kier molecular flexibility index (Phi) is 7.33. The number of amides is 4. The average Bonchev–Trinajstić information content (AvgIpc) is 3.49. The molecule has 182 valence electrons. The molecule has 2 heterocycles. The van der Waals surface area contributed by atoms with Crippen LogP contribution in [0.4, 0.5) is 0 Å². The number of hydrogen-bond donors (Lipinski definition) is 5. The van der Waals surface area contributed by atoms with Gasteiger partial charge in [0.2, 0.25) is 17.7 Å². The summed E-state index contributed by atoms with van der Waals surface area (Å²) >= 11 is 12.2. The molecule has 1 aromatic carbocycles. The van der Waals surface area contributed by atoms with Crippen molar-refractivity contribution in [3.05, 3.63) is 33.9 Å². The van der Waals surface area contributed by atoms with Crippen LogP contribution in [0.2, 0.25) is 10.0 Å². The van der Waals surface area contributed by atoms with Crippen LogP contribution in [0.1, 0.15) is 49.0 Å². The van der Waals surface area contributed by atoms with Crippen molar-refractivity contribution in [2.24, 2.45) is 17.6 Å². The van der Waals surface area contributed by atoms with Gasteiger partial charge in [0.25, 0.3) is 5.91 Å². The second-order valence-corrected chi connectivity index (χ2v) is 9.91. The van der Waals surface area contributed by atoms with Crippen LogP contribution >= 0.6 is 23.2 Å². The molecule has 1 aliphatic carbocycles. The van der Waals surface area contributed by atoms with E-state index in [-0.39, 0.29) is 18.0 Å². The molecule has 3 atom stereocenters. The normalized spacial score (nSPS) is 19.8. The standard InChI is InChI=1S/C23H27Cl2N5O4/c24-14-7-13-9-18(28-19(13)15(25)10-14)23(34)30-17(6-11-3-4-11)22(33)29-16(20(26)31)8-12-2-1-5-27-21(12)32/h7,9-12,16-17,28H,1-6,8H2,(H2,26,31)(H,27,32)(H,29,33)(H,30,34)/t12-,16-,17-/m0/s1. The number of piperidine rings is 1. The van der Waals surface area contributed by atoms with Gasteiger partial charge in [-0.1, -0.05) is 36.0 Å². The van der Waals surface area contributed by atoms with Crippen molar-refractivity contribution in [2.75, 3.05) is 6.54 Å². The maximum atomic E-state index is 13.1. The molecule has 9 nitrogen and oxygen atoms in total. The fourth-order valence-corrected chi connectivity index (χ4v) is 4.86. The minimum atomic E-state index is -1.01. The predicted octanol–water partition coefficient (Wildman–Crippen LogP) is 2.26. The third-order valence-electron chi connectivity index (χ3n) is 6.36. The zero-order valence-corrected chi connectivity index (χ0v) is 20.0. The number of nitrogens with one attached hydrogen (secondary N) is 4. The minimum absolute atomic E-state index is 0.123. The number of aromatic amines is 1. The molecule has 34 heavy (non-hydrogen) atoms. The number of fused-ring (bicyclic) bond motifs is 1. The number of hydrogen-bond acceptors (Lipinski definition) is 4. The van der Waals surface area contributed by atoms with Gasteiger partial charge in [-0.05, 0) is 49.8 Å². The zero-order chi connectivity index (χ0) is 24.4. The first-order valence-electron chi connectivity index (χ1n) is 11.4. The zero-order valence-electron chi connectivity index (χ0n) is 18.5. The van der Waals surface area contributed by atoms with Gasteiger partial charge in [-0.2, -0.15) is 0 Å². The van der Waals surface area contributed by atoms with Gasteiger partial charge in [0.05, 0.1) is 10.5 Å². The molecule has 0 unspecified atom stereocenters. The summed E-state index contributed by atoms with van der Waals surface area (Å²) in [6.07, 6.45) is 3.94. The molecule has 1 saturated heterocycles. The number of carbonyl (C=O) groups excluding carboxylic acids is 4. The van der Waals surface area contributed by atoms with Crippen molar-refractivity contribution in [2.45, 2.75) is 50.6 Å². The second kappa shape index (κ2) is 10.2. The fourth-order valence-electron chi connectivity index (χ4n) is 4.31. The quantitative estimate of drug-likeness (QED) is 0.354. The Hall–Kier alpha value is -2.78. The Bertz CT molecular complexity index is 1130. The molecule has 11 heteroatoms. The Labute approximate surface area is 206 Å². The van der Waals surface area contributed by atoms with E-state index in [1.807, 2.05) is 0 Å². The van der Waals surface area contributed by atoms with E-state index in [1.54, 1.807) is 18.2 Å². The first kappa shape index (κ1) is 24.3. The molecule has 4 amide bonds. The molecule has 1 aromatic heterocycles. The van der Waals surface area contributed by atoms with Crippen LogP contribution in [-0.4, -0.2) is 47.2 Å². The summed E-state index contributed by atoms with van der Waals surface area (Å²) in [5.41, 5.74) is 6.32. The summed E-state index contributed by atoms with van der Waals surface area (Å²) in [6.45, 7) is 0.601. The Morgan fingerprint density at radius 1 is 1.06 bits per heavy atom. The number of nitrogens with two attached hydrogens (primary N) is 1. The number of aromatic nitrogens is 1. The van der Waals surface area contributed by atoms with Crippen LogP contribution in [-0.2, 0) is 14.4 Å². The highest BCUT2D eigenvalue weighted by molar-refractivity contribution is 6.38. The number of primary amides is 1. The highest BCUT2D eigenvalue weighted by atomic mass is 35.5. The number of H-pyrrole nitrogens is 1. The third-order valence-corrected chi connectivity index (χ3v) is 6.87. The number of carbonyl (C=O) groups is 4. The van der Waals surface area contributed by atoms with Gasteiger partial charge in [-0.15, -0.1) is 0 Å². The van der Waals surface area contributed by atoms with Crippen LogP contribution in [0.5, 0.6) is 0 Å². The van der Waals surface area contributed by atoms with E-state index < -0.39 is 35.7 Å². The third kappa shape index (κ3) is 5.82. The van der Waals surface area contributed by atoms with Gasteiger partial charge in [-0.25, -0.2) is 0 Å². The molecule has 0 bridgehead atoms. The molecule has 2 aliphatic rings. The molecule has 4 rings (SSSR count). The van der Waals surface area contributed by atoms with Crippen molar-refractivity contribution < 1.29 is 19.2 Å². The lowest BCUT2D eigenvalue weighted by molar-refractivity contribution is -0.131. The van der Waals surface area contributed by atoms with E-state index >= 15 is 0 Å². The van der Waals surface area contributed by atoms with Crippen molar-refractivity contribution in [3.8, 4) is 0 Å². The fraction of sp³-hybridized carbons (Fsp3) is 0.478. The van der Waals surface area contributed by atoms with Crippen LogP contribution in [0.15, 0.2) is 18.2 Å². The van der Waals surface area contributed by atoms with Crippen LogP contribution in [0.3, 0.4) is 0 Å². The van der Waals surface area contributed by atoms with Gasteiger partial charge in [0.1, 0.15) is 17.8 Å². The summed E-state index contributed by atoms with van der Waals surface area (Å²) in [4.78, 5) is 53.2. The van der Waals surface area contributed by atoms with Crippen LogP contribution in [0.25, 0.3) is 10.9 Å². The lowest BCUT2D eigenvalue weighted by atomic mass is 9.91. The van der Waals surface area contributed by atoms with E-state index in [2.05, 4.69) is 20.9 Å². The lowest BCUT2D eigenvalue weighted by Gasteiger charge is -2.27. The first-order valence-corrected chi connectivity index (χ1v) is 12.1. The van der Waals surface area contributed by atoms with Crippen molar-refractivity contribution in [1.29, 1.82) is 0 Å². The van der Waals surface area contributed by atoms with Crippen molar-refractivity contribution >= 4 is 57.7 Å². The maximum Gasteiger partial charge on any atom is 0.268 e. The van der Waals surface area contributed by atoms with Gasteiger partial charge in [0, 0.05) is 22.9 Å². The molecule has 2 fully saturated rings. The number of halogens is 2. The molecule has 6 N–H and O–H groups in total. The Morgan fingerprint density at radius 2 is 1.82 bits per heavy atom. The maximum absolute atomic E-state index is 13.1. The molecular formula is C23H27Cl2N5O4. The highest BCUT2D eigenvalue weighted by Crippen LogP contribution is 2.34. The highest BCUT2D eigenvalue weighted by Gasteiger charge is 2.34. The Morgan fingerprint density at radius 3 is 2.50 bits per heavy atom. The average molecular weight is 508 g/mol. The van der Waals surface area contributed by atoms with E-state index in [1.165, 1.54) is 0 Å². The largest absolute Gasteiger partial charge is 0.368 e. The first-order chi connectivity index (χ1) is 16.2. The minimum Gasteiger partial charge on any atom is -0.368 e. The monoisotopic (exact) mass is 507 g/mol. The number of rotatable bonds is 9. The summed E-state index contributed by atoms with van der Waals surface area (Å²) < 4.78 is 0. The topological polar surface area (TPSA) is 146 Å². The number of benzene rings is 1. The van der Waals surface area contributed by atoms with Gasteiger partial charge in [-0.3, -0.25) is 19.2 Å². The predicted molar refractivity (Wildman–Crippen MR) is 128 cm³/mol. The summed E-state index contributed by atoms with van der Waals surface area (Å²) in [5, 5.41) is 9.69. The molecule has 2 aromatic rings. The summed E-state index contributed by atoms with van der Waals surface area (Å²) in [5.74, 6) is -1.92. The second-order valence-electron chi connectivity index (χ2n) is 9.07. The van der Waals surface area contributed by atoms with Gasteiger partial charge >= 0.3 is 0 Å².